The number of terminal acetylenes is 1. The van der Waals surface area contributed by atoms with Gasteiger partial charge in [0, 0.05) is 19.0 Å². The number of esters is 1. The first-order valence-electron chi connectivity index (χ1n) is 12.8. The summed E-state index contributed by atoms with van der Waals surface area (Å²) in [5, 5.41) is 21.9. The molecule has 0 bridgehead atoms. The smallest absolute Gasteiger partial charge is 0.309 e. The van der Waals surface area contributed by atoms with Crippen molar-refractivity contribution in [2.24, 2.45) is 17.3 Å². The summed E-state index contributed by atoms with van der Waals surface area (Å²) in [7, 11) is 0. The number of Topliss-reactive ketones (excluding diaryl/α,β-unsaturated/α-hetero) is 1. The van der Waals surface area contributed by atoms with Crippen LogP contribution in [0.5, 0.6) is 0 Å². The molecule has 2 rings (SSSR count). The zero-order chi connectivity index (χ0) is 26.9. The van der Waals surface area contributed by atoms with Gasteiger partial charge in [0.15, 0.2) is 0 Å². The third-order valence-corrected chi connectivity index (χ3v) is 7.25. The highest BCUT2D eigenvalue weighted by molar-refractivity contribution is 5.88. The van der Waals surface area contributed by atoms with Crippen molar-refractivity contribution in [3.05, 3.63) is 47.3 Å². The number of pyridine rings is 1. The number of ether oxygens (including phenoxy) is 1. The van der Waals surface area contributed by atoms with Crippen molar-refractivity contribution >= 4 is 17.8 Å². The first-order chi connectivity index (χ1) is 17.0. The van der Waals surface area contributed by atoms with E-state index in [0.717, 1.165) is 36.1 Å². The fourth-order valence-electron chi connectivity index (χ4n) is 4.55. The lowest BCUT2D eigenvalue weighted by Gasteiger charge is -2.35. The molecule has 1 aliphatic heterocycles. The van der Waals surface area contributed by atoms with Crippen molar-refractivity contribution in [2.45, 2.75) is 91.5 Å². The number of aromatic nitrogens is 1. The predicted molar refractivity (Wildman–Crippen MR) is 142 cm³/mol. The maximum Gasteiger partial charge on any atom is 0.309 e. The molecule has 0 amide bonds. The Morgan fingerprint density at radius 1 is 1.31 bits per heavy atom. The zero-order valence-corrected chi connectivity index (χ0v) is 22.2. The molecular formula is C30H41NO5. The summed E-state index contributed by atoms with van der Waals surface area (Å²) in [4.78, 5) is 30.7. The van der Waals surface area contributed by atoms with E-state index in [1.165, 1.54) is 0 Å². The van der Waals surface area contributed by atoms with Gasteiger partial charge in [-0.25, -0.2) is 0 Å². The first-order valence-corrected chi connectivity index (χ1v) is 12.8. The highest BCUT2D eigenvalue weighted by atomic mass is 16.5. The number of hydrogen-bond donors (Lipinski definition) is 2. The molecule has 0 radical (unpaired) electrons. The standard InChI is InChI=1S/C30H41NO5/c1-7-11-24-28(34)21(3)13-10-12-20(2)15-16-25(22(4)18-23-14-8-9-17-31-23)36-27(33)19-26(32)30(5,6)29(24)35/h1,8-9,14-15,17-18,21,24-26,28,32,34H,10-13,16,19H2,2-6H3/b20-15-,22-18+/t21-,24-,25+,26-,28+/m1/s1. The summed E-state index contributed by atoms with van der Waals surface area (Å²) in [5.41, 5.74) is 1.47. The lowest BCUT2D eigenvalue weighted by atomic mass is 9.71. The van der Waals surface area contributed by atoms with Crippen LogP contribution in [0, 0.1) is 29.6 Å². The Hall–Kier alpha value is -2.75. The van der Waals surface area contributed by atoms with E-state index in [9.17, 15) is 19.8 Å². The van der Waals surface area contributed by atoms with Crippen molar-refractivity contribution in [1.29, 1.82) is 0 Å². The number of aliphatic hydroxyl groups is 2. The lowest BCUT2D eigenvalue weighted by Crippen LogP contribution is -2.46. The van der Waals surface area contributed by atoms with Crippen molar-refractivity contribution in [3.8, 4) is 12.3 Å². The molecule has 2 heterocycles. The molecule has 0 spiro atoms. The lowest BCUT2D eigenvalue weighted by molar-refractivity contribution is -0.154. The summed E-state index contributed by atoms with van der Waals surface area (Å²) >= 11 is 0. The van der Waals surface area contributed by atoms with Crippen molar-refractivity contribution in [1.82, 2.24) is 4.98 Å². The van der Waals surface area contributed by atoms with Gasteiger partial charge in [-0.15, -0.1) is 12.3 Å². The van der Waals surface area contributed by atoms with E-state index in [1.54, 1.807) is 20.0 Å². The third-order valence-electron chi connectivity index (χ3n) is 7.25. The fraction of sp³-hybridized carbons (Fsp3) is 0.567. The second-order valence-corrected chi connectivity index (χ2v) is 10.6. The molecule has 6 heteroatoms. The van der Waals surface area contributed by atoms with E-state index in [-0.39, 0.29) is 24.5 Å². The number of carbonyl (C=O) groups excluding carboxylic acids is 2. The molecule has 5 atom stereocenters. The van der Waals surface area contributed by atoms with Gasteiger partial charge in [0.25, 0.3) is 0 Å². The van der Waals surface area contributed by atoms with Gasteiger partial charge in [-0.2, -0.15) is 0 Å². The molecule has 2 N–H and O–H groups in total. The molecule has 196 valence electrons. The van der Waals surface area contributed by atoms with Gasteiger partial charge >= 0.3 is 5.97 Å². The molecule has 1 aromatic rings. The number of allylic oxidation sites excluding steroid dienone is 1. The minimum Gasteiger partial charge on any atom is -0.457 e. The largest absolute Gasteiger partial charge is 0.457 e. The average Bonchev–Trinajstić information content (AvgIpc) is 2.84. The molecule has 36 heavy (non-hydrogen) atoms. The summed E-state index contributed by atoms with van der Waals surface area (Å²) in [5.74, 6) is 0.617. The molecule has 6 nitrogen and oxygen atoms in total. The second-order valence-electron chi connectivity index (χ2n) is 10.6. The molecule has 1 aliphatic rings. The van der Waals surface area contributed by atoms with Crippen molar-refractivity contribution < 1.29 is 24.5 Å². The minimum absolute atomic E-state index is 0.0729. The fourth-order valence-corrected chi connectivity index (χ4v) is 4.55. The molecule has 1 aromatic heterocycles. The Morgan fingerprint density at radius 2 is 2.03 bits per heavy atom. The highest BCUT2D eigenvalue weighted by Gasteiger charge is 2.43. The van der Waals surface area contributed by atoms with Crippen molar-refractivity contribution in [3.63, 3.8) is 0 Å². The van der Waals surface area contributed by atoms with Gasteiger partial charge < -0.3 is 14.9 Å². The Bertz CT molecular complexity index is 988. The monoisotopic (exact) mass is 495 g/mol. The second kappa shape index (κ2) is 13.5. The van der Waals surface area contributed by atoms with Gasteiger partial charge in [-0.1, -0.05) is 38.5 Å². The number of rotatable bonds is 3. The van der Waals surface area contributed by atoms with E-state index in [1.807, 2.05) is 45.0 Å². The van der Waals surface area contributed by atoms with Gasteiger partial charge in [-0.05, 0) is 62.8 Å². The van der Waals surface area contributed by atoms with Crippen LogP contribution in [-0.4, -0.2) is 45.3 Å². The van der Waals surface area contributed by atoms with E-state index >= 15 is 0 Å². The molecular weight excluding hydrogens is 454 g/mol. The summed E-state index contributed by atoms with van der Waals surface area (Å²) in [6.07, 6.45) is 11.1. The number of carbonyl (C=O) groups is 2. The van der Waals surface area contributed by atoms with E-state index in [0.29, 0.717) is 6.42 Å². The van der Waals surface area contributed by atoms with Crippen LogP contribution in [0.4, 0.5) is 0 Å². The molecule has 0 aliphatic carbocycles. The third kappa shape index (κ3) is 8.15. The SMILES string of the molecule is C#CC[C@H]1C(=O)C(C)(C)[C@H](O)CC(=O)O[C@H](/C(C)=C/c2ccccn2)C/C=C(/C)CCC[C@@H](C)[C@@H]1O. The van der Waals surface area contributed by atoms with Crippen LogP contribution in [-0.2, 0) is 14.3 Å². The van der Waals surface area contributed by atoms with E-state index in [2.05, 4.69) is 17.0 Å². The maximum atomic E-state index is 13.5. The van der Waals surface area contributed by atoms with Gasteiger partial charge in [0.05, 0.1) is 35.7 Å². The van der Waals surface area contributed by atoms with Crippen LogP contribution in [0.3, 0.4) is 0 Å². The Balaban J connectivity index is 2.38. The maximum absolute atomic E-state index is 13.5. The highest BCUT2D eigenvalue weighted by Crippen LogP contribution is 2.34. The quantitative estimate of drug-likeness (QED) is 0.352. The number of ketones is 1. The normalized spacial score (nSPS) is 30.6. The molecule has 0 saturated carbocycles. The van der Waals surface area contributed by atoms with Crippen LogP contribution >= 0.6 is 0 Å². The first kappa shape index (κ1) is 29.5. The van der Waals surface area contributed by atoms with Crippen LogP contribution in [0.15, 0.2) is 41.6 Å². The van der Waals surface area contributed by atoms with Gasteiger partial charge in [-0.3, -0.25) is 14.6 Å². The molecule has 0 fully saturated rings. The number of cyclic esters (lactones) is 1. The molecule has 0 unspecified atom stereocenters. The number of aliphatic hydroxyl groups excluding tert-OH is 2. The summed E-state index contributed by atoms with van der Waals surface area (Å²) in [6, 6.07) is 5.60. The van der Waals surface area contributed by atoms with Crippen LogP contribution in [0.25, 0.3) is 6.08 Å². The van der Waals surface area contributed by atoms with Gasteiger partial charge in [0.2, 0.25) is 0 Å². The molecule has 0 saturated heterocycles. The minimum atomic E-state index is -1.29. The Kier molecular flexibility index (Phi) is 11.1. The summed E-state index contributed by atoms with van der Waals surface area (Å²) in [6.45, 7) is 9.04. The predicted octanol–water partition coefficient (Wildman–Crippen LogP) is 4.90. The Labute approximate surface area is 215 Å². The van der Waals surface area contributed by atoms with Crippen LogP contribution < -0.4 is 0 Å². The van der Waals surface area contributed by atoms with E-state index in [4.69, 9.17) is 11.2 Å². The Morgan fingerprint density at radius 3 is 2.67 bits per heavy atom. The summed E-state index contributed by atoms with van der Waals surface area (Å²) < 4.78 is 5.81. The molecule has 0 aromatic carbocycles. The number of nitrogens with zero attached hydrogens (tertiary/aromatic N) is 1. The number of hydrogen-bond acceptors (Lipinski definition) is 6. The average molecular weight is 496 g/mol. The van der Waals surface area contributed by atoms with E-state index < -0.39 is 35.6 Å². The zero-order valence-electron chi connectivity index (χ0n) is 22.2. The van der Waals surface area contributed by atoms with Crippen LogP contribution in [0.1, 0.15) is 78.8 Å². The topological polar surface area (TPSA) is 96.7 Å². The van der Waals surface area contributed by atoms with Crippen LogP contribution in [0.2, 0.25) is 0 Å². The van der Waals surface area contributed by atoms with Crippen molar-refractivity contribution in [2.75, 3.05) is 0 Å². The van der Waals surface area contributed by atoms with Gasteiger partial charge in [0.1, 0.15) is 11.9 Å².